The molecule has 8 rings (SSSR count). The molecule has 322 valence electrons. The van der Waals surface area contributed by atoms with E-state index in [1.54, 1.807) is 52.4 Å². The van der Waals surface area contributed by atoms with Gasteiger partial charge in [-0.2, -0.15) is 0 Å². The number of ether oxygens (including phenoxy) is 1. The second kappa shape index (κ2) is 18.9. The second-order valence-electron chi connectivity index (χ2n) is 16.3. The third-order valence-electron chi connectivity index (χ3n) is 12.2. The van der Waals surface area contributed by atoms with Crippen LogP contribution in [-0.4, -0.2) is 87.0 Å². The number of ketones is 2. The lowest BCUT2D eigenvalue weighted by Crippen LogP contribution is -2.47. The van der Waals surface area contributed by atoms with Crippen molar-refractivity contribution < 1.29 is 33.5 Å². The molecule has 0 aliphatic carbocycles. The predicted octanol–water partition coefficient (Wildman–Crippen LogP) is 6.42. The van der Waals surface area contributed by atoms with Crippen LogP contribution in [0.2, 0.25) is 0 Å². The summed E-state index contributed by atoms with van der Waals surface area (Å²) in [6.07, 6.45) is 3.62. The van der Waals surface area contributed by atoms with E-state index in [0.29, 0.717) is 56.4 Å². The van der Waals surface area contributed by atoms with Gasteiger partial charge in [0.05, 0.1) is 31.4 Å². The highest BCUT2D eigenvalue weighted by atomic mass is 16.5. The highest BCUT2D eigenvalue weighted by Crippen LogP contribution is 2.33. The topological polar surface area (TPSA) is 160 Å². The first-order valence-electron chi connectivity index (χ1n) is 21.4. The Labute approximate surface area is 365 Å². The second-order valence-corrected chi connectivity index (χ2v) is 16.3. The molecule has 13 heteroatoms. The number of hydrogen-bond acceptors (Lipinski definition) is 8. The van der Waals surface area contributed by atoms with Gasteiger partial charge < -0.3 is 29.7 Å². The SMILES string of the molecule is COC(=O)N[C@@H](C(=O)N1CCC[C@H]1C(=O)Cc1ccc2c3ccc(CC(=O)[C@@H]4CCCN4C(=O)[C@H](NC(C)=O)c4ccccc4)cc3n(Cc3ccccn3)c2c1)c1ccccc1. The van der Waals surface area contributed by atoms with Crippen molar-refractivity contribution in [2.45, 2.75) is 76.2 Å². The van der Waals surface area contributed by atoms with E-state index in [2.05, 4.69) is 20.2 Å². The molecule has 0 unspecified atom stereocenters. The quantitative estimate of drug-likeness (QED) is 0.127. The van der Waals surface area contributed by atoms with E-state index >= 15 is 0 Å². The zero-order valence-electron chi connectivity index (χ0n) is 35.4. The number of aromatic nitrogens is 2. The minimum absolute atomic E-state index is 0.0707. The van der Waals surface area contributed by atoms with Crippen LogP contribution in [0.1, 0.15) is 72.6 Å². The predicted molar refractivity (Wildman–Crippen MR) is 237 cm³/mol. The van der Waals surface area contributed by atoms with Crippen LogP contribution in [0.3, 0.4) is 0 Å². The van der Waals surface area contributed by atoms with Gasteiger partial charge in [0.25, 0.3) is 5.91 Å². The Kier molecular flexibility index (Phi) is 12.7. The smallest absolute Gasteiger partial charge is 0.407 e. The molecule has 4 atom stereocenters. The molecule has 0 bridgehead atoms. The van der Waals surface area contributed by atoms with Gasteiger partial charge in [-0.15, -0.1) is 0 Å². The van der Waals surface area contributed by atoms with E-state index in [1.165, 1.54) is 14.0 Å². The van der Waals surface area contributed by atoms with Crippen LogP contribution >= 0.6 is 0 Å². The van der Waals surface area contributed by atoms with Gasteiger partial charge in [-0.1, -0.05) is 91.0 Å². The average molecular weight is 847 g/mol. The van der Waals surface area contributed by atoms with Crippen LogP contribution in [0, 0.1) is 0 Å². The van der Waals surface area contributed by atoms with Crippen molar-refractivity contribution in [3.8, 4) is 0 Å². The van der Waals surface area contributed by atoms with Crippen molar-refractivity contribution in [3.63, 3.8) is 0 Å². The summed E-state index contributed by atoms with van der Waals surface area (Å²) >= 11 is 0. The molecular formula is C50H50N6O7. The van der Waals surface area contributed by atoms with E-state index < -0.39 is 30.3 Å². The van der Waals surface area contributed by atoms with Crippen LogP contribution in [0.5, 0.6) is 0 Å². The number of methoxy groups -OCH3 is 1. The molecule has 2 aliphatic heterocycles. The number of fused-ring (bicyclic) bond motifs is 3. The third-order valence-corrected chi connectivity index (χ3v) is 12.2. The van der Waals surface area contributed by atoms with Crippen molar-refractivity contribution in [3.05, 3.63) is 149 Å². The lowest BCUT2D eigenvalue weighted by atomic mass is 9.98. The maximum Gasteiger partial charge on any atom is 0.407 e. The highest BCUT2D eigenvalue weighted by Gasteiger charge is 2.39. The first kappa shape index (κ1) is 42.5. The molecule has 4 heterocycles. The fourth-order valence-electron chi connectivity index (χ4n) is 9.18. The van der Waals surface area contributed by atoms with Gasteiger partial charge in [0.15, 0.2) is 11.6 Å². The number of nitrogens with one attached hydrogen (secondary N) is 2. The first-order chi connectivity index (χ1) is 30.6. The van der Waals surface area contributed by atoms with Crippen molar-refractivity contribution >= 4 is 57.2 Å². The van der Waals surface area contributed by atoms with Gasteiger partial charge in [-0.25, -0.2) is 4.79 Å². The number of hydrogen-bond donors (Lipinski definition) is 2. The van der Waals surface area contributed by atoms with Crippen LogP contribution in [-0.2, 0) is 48.1 Å². The number of carbonyl (C=O) groups is 6. The summed E-state index contributed by atoms with van der Waals surface area (Å²) in [5, 5.41) is 7.41. The van der Waals surface area contributed by atoms with Gasteiger partial charge in [-0.3, -0.25) is 29.0 Å². The standard InChI is InChI=1S/C50H50N6O7/c1-32(57)52-46(35-13-5-3-6-14-35)48(60)54-25-11-18-40(54)44(58)29-33-20-22-38-39-23-21-34(28-43(39)56(42(38)27-33)31-37-17-9-10-24-51-37)30-45(59)41-19-12-26-55(41)49(61)47(53-50(62)63-2)36-15-7-4-8-16-36/h3-10,13-17,20-24,27-28,40-41,46-47H,11-12,18-19,25-26,29-31H2,1-2H3,(H,52,57)(H,53,62)/t40-,41-,46+,47+/m0/s1. The third kappa shape index (κ3) is 9.23. The zero-order chi connectivity index (χ0) is 44.0. The summed E-state index contributed by atoms with van der Waals surface area (Å²) in [6.45, 7) is 2.63. The van der Waals surface area contributed by atoms with E-state index in [4.69, 9.17) is 4.74 Å². The van der Waals surface area contributed by atoms with E-state index in [1.807, 2.05) is 78.9 Å². The Morgan fingerprint density at radius 3 is 1.60 bits per heavy atom. The van der Waals surface area contributed by atoms with Gasteiger partial charge in [-0.05, 0) is 72.2 Å². The lowest BCUT2D eigenvalue weighted by Gasteiger charge is -2.28. The number of pyridine rings is 1. The number of carbonyl (C=O) groups excluding carboxylic acids is 6. The van der Waals surface area contributed by atoms with E-state index in [9.17, 15) is 28.8 Å². The molecule has 4 aromatic carbocycles. The monoisotopic (exact) mass is 846 g/mol. The Hall–Kier alpha value is -7.15. The van der Waals surface area contributed by atoms with Gasteiger partial charge in [0.1, 0.15) is 12.1 Å². The number of likely N-dealkylation sites (tertiary alicyclic amines) is 2. The Balaban J connectivity index is 1.05. The molecule has 2 fully saturated rings. The highest BCUT2D eigenvalue weighted by molar-refractivity contribution is 6.09. The zero-order valence-corrected chi connectivity index (χ0v) is 35.4. The summed E-state index contributed by atoms with van der Waals surface area (Å²) in [6, 6.07) is 32.6. The van der Waals surface area contributed by atoms with Crippen LogP contribution in [0.4, 0.5) is 4.79 Å². The molecule has 0 spiro atoms. The number of benzene rings is 4. The van der Waals surface area contributed by atoms with Gasteiger partial charge in [0, 0.05) is 60.9 Å². The molecule has 2 aromatic heterocycles. The van der Waals surface area contributed by atoms with Crippen molar-refractivity contribution in [1.82, 2.24) is 30.0 Å². The Morgan fingerprint density at radius 2 is 1.14 bits per heavy atom. The average Bonchev–Trinajstić information content (AvgIpc) is 4.07. The summed E-state index contributed by atoms with van der Waals surface area (Å²) in [4.78, 5) is 88.5. The summed E-state index contributed by atoms with van der Waals surface area (Å²) < 4.78 is 6.98. The van der Waals surface area contributed by atoms with E-state index in [-0.39, 0.29) is 42.1 Å². The minimum Gasteiger partial charge on any atom is -0.453 e. The molecule has 2 N–H and O–H groups in total. The summed E-state index contributed by atoms with van der Waals surface area (Å²) in [5.41, 5.74) is 5.47. The summed E-state index contributed by atoms with van der Waals surface area (Å²) in [5.74, 6) is -1.16. The Bertz CT molecular complexity index is 2670. The van der Waals surface area contributed by atoms with Crippen LogP contribution in [0.25, 0.3) is 21.8 Å². The Morgan fingerprint density at radius 1 is 0.651 bits per heavy atom. The van der Waals surface area contributed by atoms with Gasteiger partial charge >= 0.3 is 6.09 Å². The minimum atomic E-state index is -1.01. The normalized spacial score (nSPS) is 17.0. The number of alkyl carbamates (subject to hydrolysis) is 1. The molecular weight excluding hydrogens is 797 g/mol. The molecule has 63 heavy (non-hydrogen) atoms. The number of Topliss-reactive ketones (excluding diaryl/α,β-unsaturated/α-hetero) is 2. The number of amides is 4. The lowest BCUT2D eigenvalue weighted by molar-refractivity contribution is -0.140. The molecule has 2 saturated heterocycles. The maximum atomic E-state index is 14.1. The van der Waals surface area contributed by atoms with Crippen molar-refractivity contribution in [1.29, 1.82) is 0 Å². The molecule has 0 radical (unpaired) electrons. The molecule has 2 aliphatic rings. The van der Waals surface area contributed by atoms with Gasteiger partial charge in [0.2, 0.25) is 11.8 Å². The fraction of sp³-hybridized carbons (Fsp3) is 0.300. The number of rotatable bonds is 14. The largest absolute Gasteiger partial charge is 0.453 e. The first-order valence-corrected chi connectivity index (χ1v) is 21.4. The molecule has 4 amide bonds. The molecule has 6 aromatic rings. The van der Waals surface area contributed by atoms with Crippen LogP contribution < -0.4 is 10.6 Å². The van der Waals surface area contributed by atoms with Crippen molar-refractivity contribution in [2.75, 3.05) is 20.2 Å². The van der Waals surface area contributed by atoms with Crippen LogP contribution in [0.15, 0.2) is 121 Å². The maximum absolute atomic E-state index is 14.1. The molecule has 0 saturated carbocycles. The molecule has 13 nitrogen and oxygen atoms in total. The summed E-state index contributed by atoms with van der Waals surface area (Å²) in [7, 11) is 1.24. The number of nitrogens with zero attached hydrogens (tertiary/aromatic N) is 4. The fourth-order valence-corrected chi connectivity index (χ4v) is 9.18. The van der Waals surface area contributed by atoms with Crippen molar-refractivity contribution in [2.24, 2.45) is 0 Å². The van der Waals surface area contributed by atoms with E-state index in [0.717, 1.165) is 38.6 Å².